The van der Waals surface area contributed by atoms with Crippen molar-refractivity contribution in [3.8, 4) is 0 Å². The van der Waals surface area contributed by atoms with E-state index in [4.69, 9.17) is 83.7 Å². The molecule has 0 aromatic rings. The van der Waals surface area contributed by atoms with Gasteiger partial charge in [0.05, 0.1) is 11.4 Å². The zero-order valence-corrected chi connectivity index (χ0v) is 24.8. The molecule has 0 aromatic heterocycles. The fraction of sp³-hybridized carbons (Fsp3) is 0.600. The van der Waals surface area contributed by atoms with Crippen LogP contribution in [-0.2, 0) is 42.0 Å². The minimum atomic E-state index is 0. The molecule has 0 aromatic carbocycles. The second-order valence-electron chi connectivity index (χ2n) is 5.97. The first-order chi connectivity index (χ1) is 14.6. The maximum atomic E-state index is 7.54. The monoisotopic (exact) mass is 600 g/mol. The number of thiocarbonyl (C=S) groups is 2. The first-order valence-corrected chi connectivity index (χ1v) is 12.7. The van der Waals surface area contributed by atoms with E-state index in [1.807, 2.05) is 48.5 Å². The second-order valence-corrected chi connectivity index (χ2v) is 8.79. The predicted octanol–water partition coefficient (Wildman–Crippen LogP) is 4.58. The minimum absolute atomic E-state index is 0. The van der Waals surface area contributed by atoms with Crippen LogP contribution in [0.5, 0.6) is 0 Å². The van der Waals surface area contributed by atoms with Gasteiger partial charge in [-0.3, -0.25) is 10.8 Å². The van der Waals surface area contributed by atoms with E-state index in [9.17, 15) is 0 Å². The van der Waals surface area contributed by atoms with Crippen LogP contribution in [0.4, 0.5) is 0 Å². The van der Waals surface area contributed by atoms with Crippen LogP contribution in [0.2, 0.25) is 0 Å². The van der Waals surface area contributed by atoms with Gasteiger partial charge in [-0.25, -0.2) is 0 Å². The fourth-order valence-electron chi connectivity index (χ4n) is 2.27. The first-order valence-electron chi connectivity index (χ1n) is 9.99. The fourth-order valence-corrected chi connectivity index (χ4v) is 3.71. The number of hydrogen-bond acceptors (Lipinski definition) is 7. The van der Waals surface area contributed by atoms with E-state index in [-0.39, 0.29) is 28.2 Å². The Bertz CT molecular complexity index is 611. The van der Waals surface area contributed by atoms with Gasteiger partial charge in [-0.1, -0.05) is 8.64 Å². The Hall–Kier alpha value is -0.0735. The molecule has 0 heterocycles. The average Bonchev–Trinajstić information content (AvgIpc) is 2.72. The summed E-state index contributed by atoms with van der Waals surface area (Å²) < 4.78 is 1.16. The quantitative estimate of drug-likeness (QED) is 0.174. The van der Waals surface area contributed by atoms with Crippen LogP contribution in [0, 0.1) is 10.8 Å². The molecule has 0 fully saturated rings. The molecule has 1 radical (unpaired) electrons. The van der Waals surface area contributed by atoms with Crippen LogP contribution in [0.25, 0.3) is 0 Å². The number of nitrogens with one attached hydrogen (secondary N) is 2. The summed E-state index contributed by atoms with van der Waals surface area (Å²) in [6.45, 7) is 13.3. The standard InChI is InChI=1S/C10H13Cl2N3.2C5H11NS2.Co/c11-3-5-15(6-4-12)8-1-2-9(13)10(14)7-8;2*1-3-6(4-2)5(7)8;/h1-2,7,13-14H,3-6H2;2*3-4H2,1-2H3,(H,7,8);/q;;;+2/p-2. The Morgan fingerprint density at radius 2 is 1.19 bits per heavy atom. The van der Waals surface area contributed by atoms with Crippen LogP contribution >= 0.6 is 47.6 Å². The molecular weight excluding hydrogens is 568 g/mol. The van der Waals surface area contributed by atoms with Gasteiger partial charge in [-0.15, -0.1) is 23.2 Å². The summed E-state index contributed by atoms with van der Waals surface area (Å²) in [4.78, 5) is 5.94. The van der Waals surface area contributed by atoms with Gasteiger partial charge < -0.3 is 64.4 Å². The van der Waals surface area contributed by atoms with E-state index < -0.39 is 0 Å². The Labute approximate surface area is 236 Å². The molecule has 0 saturated carbocycles. The molecule has 0 bridgehead atoms. The minimum Gasteiger partial charge on any atom is -0.411 e. The maximum Gasteiger partial charge on any atom is 2.00 e. The molecule has 1 rings (SSSR count). The van der Waals surface area contributed by atoms with Crippen molar-refractivity contribution < 1.29 is 16.8 Å². The Morgan fingerprint density at radius 3 is 1.41 bits per heavy atom. The van der Waals surface area contributed by atoms with Gasteiger partial charge in [0.1, 0.15) is 0 Å². The zero-order valence-electron chi connectivity index (χ0n) is 19.0. The van der Waals surface area contributed by atoms with Crippen molar-refractivity contribution in [2.75, 3.05) is 51.0 Å². The Balaban J connectivity index is -0.000000425. The van der Waals surface area contributed by atoms with Crippen molar-refractivity contribution in [1.82, 2.24) is 14.7 Å². The van der Waals surface area contributed by atoms with E-state index in [1.54, 1.807) is 12.2 Å². The molecule has 0 aliphatic heterocycles. The molecule has 5 nitrogen and oxygen atoms in total. The van der Waals surface area contributed by atoms with E-state index in [2.05, 4.69) is 0 Å². The van der Waals surface area contributed by atoms with E-state index >= 15 is 0 Å². The number of hydrogen-bond donors (Lipinski definition) is 2. The average molecular weight is 602 g/mol. The van der Waals surface area contributed by atoms with Crippen LogP contribution in [0.3, 0.4) is 0 Å². The summed E-state index contributed by atoms with van der Waals surface area (Å²) in [5, 5.41) is 14.9. The number of nitrogens with zero attached hydrogens (tertiary/aromatic N) is 3. The maximum absolute atomic E-state index is 7.54. The molecule has 0 atom stereocenters. The molecular formula is C20H33Cl2CoN5S4. The zero-order chi connectivity index (χ0) is 24.4. The van der Waals surface area contributed by atoms with Crippen molar-refractivity contribution in [3.05, 3.63) is 23.9 Å². The molecule has 0 unspecified atom stereocenters. The van der Waals surface area contributed by atoms with Gasteiger partial charge in [-0.2, -0.15) is 0 Å². The smallest absolute Gasteiger partial charge is 0.411 e. The van der Waals surface area contributed by atoms with Crippen LogP contribution in [0.1, 0.15) is 27.7 Å². The van der Waals surface area contributed by atoms with Gasteiger partial charge in [0.15, 0.2) is 0 Å². The van der Waals surface area contributed by atoms with E-state index in [0.717, 1.165) is 31.9 Å². The SMILES string of the molecule is CCN(CC)C(=S)[S-].CCN(CC)C(=S)[S-].N=C1C=CC(N(CCCl)CCCl)=CC1=N.[Co+2]. The summed E-state index contributed by atoms with van der Waals surface area (Å²) in [6.07, 6.45) is 5.11. The van der Waals surface area contributed by atoms with Crippen LogP contribution in [-0.4, -0.2) is 85.8 Å². The Kier molecular flexibility index (Phi) is 25.9. The van der Waals surface area contributed by atoms with E-state index in [0.29, 0.717) is 33.5 Å². The summed E-state index contributed by atoms with van der Waals surface area (Å²) in [5.74, 6) is 1.04. The van der Waals surface area contributed by atoms with Crippen molar-refractivity contribution in [2.45, 2.75) is 27.7 Å². The number of rotatable bonds is 9. The molecule has 1 aliphatic rings. The number of allylic oxidation sites excluding steroid dienone is 3. The summed E-state index contributed by atoms with van der Waals surface area (Å²) in [7, 11) is 0. The normalized spacial score (nSPS) is 11.6. The van der Waals surface area contributed by atoms with Crippen molar-refractivity contribution in [2.24, 2.45) is 0 Å². The third kappa shape index (κ3) is 16.5. The molecule has 2 N–H and O–H groups in total. The molecule has 0 saturated heterocycles. The summed E-state index contributed by atoms with van der Waals surface area (Å²) in [5.41, 5.74) is 1.36. The molecule has 32 heavy (non-hydrogen) atoms. The Morgan fingerprint density at radius 1 is 0.812 bits per heavy atom. The molecule has 0 amide bonds. The van der Waals surface area contributed by atoms with Gasteiger partial charge in [0, 0.05) is 56.7 Å². The largest absolute Gasteiger partial charge is 2.00 e. The molecule has 1 aliphatic carbocycles. The first kappa shape index (κ1) is 36.5. The molecule has 12 heteroatoms. The third-order valence-electron chi connectivity index (χ3n) is 4.12. The van der Waals surface area contributed by atoms with Crippen molar-refractivity contribution in [1.29, 1.82) is 10.8 Å². The third-order valence-corrected chi connectivity index (χ3v) is 5.49. The van der Waals surface area contributed by atoms with Gasteiger partial charge >= 0.3 is 16.8 Å². The summed E-state index contributed by atoms with van der Waals surface area (Å²) >= 11 is 30.4. The molecule has 185 valence electrons. The van der Waals surface area contributed by atoms with Crippen molar-refractivity contribution in [3.63, 3.8) is 0 Å². The number of alkyl halides is 2. The number of halogens is 2. The molecule has 0 spiro atoms. The van der Waals surface area contributed by atoms with Crippen LogP contribution in [0.15, 0.2) is 23.9 Å². The predicted molar refractivity (Wildman–Crippen MR) is 151 cm³/mol. The summed E-state index contributed by atoms with van der Waals surface area (Å²) in [6, 6.07) is 0. The van der Waals surface area contributed by atoms with E-state index in [1.165, 1.54) is 0 Å². The van der Waals surface area contributed by atoms with Gasteiger partial charge in [0.2, 0.25) is 0 Å². The van der Waals surface area contributed by atoms with Gasteiger partial charge in [-0.05, 0) is 45.9 Å². The topological polar surface area (TPSA) is 57.4 Å². The van der Waals surface area contributed by atoms with Gasteiger partial charge in [0.25, 0.3) is 0 Å². The van der Waals surface area contributed by atoms with Crippen molar-refractivity contribution >= 4 is 93.0 Å². The second kappa shape index (κ2) is 22.7. The van der Waals surface area contributed by atoms with Crippen LogP contribution < -0.4 is 0 Å².